The van der Waals surface area contributed by atoms with E-state index in [1.54, 1.807) is 0 Å². The van der Waals surface area contributed by atoms with E-state index in [2.05, 4.69) is 27.7 Å². The van der Waals surface area contributed by atoms with Crippen molar-refractivity contribution < 1.29 is 28.6 Å². The Labute approximate surface area is 438 Å². The predicted octanol–water partition coefficient (Wildman–Crippen LogP) is 21.4. The van der Waals surface area contributed by atoms with Crippen LogP contribution >= 0.6 is 0 Å². The van der Waals surface area contributed by atoms with Gasteiger partial charge in [0.1, 0.15) is 13.2 Å². The van der Waals surface area contributed by atoms with Crippen LogP contribution in [0.5, 0.6) is 0 Å². The van der Waals surface area contributed by atoms with Gasteiger partial charge in [0.2, 0.25) is 0 Å². The lowest BCUT2D eigenvalue weighted by molar-refractivity contribution is -0.167. The Kier molecular flexibility index (Phi) is 57.0. The van der Waals surface area contributed by atoms with E-state index >= 15 is 0 Å². The van der Waals surface area contributed by atoms with Crippen molar-refractivity contribution in [3.05, 3.63) is 0 Å². The van der Waals surface area contributed by atoms with E-state index in [-0.39, 0.29) is 31.1 Å². The van der Waals surface area contributed by atoms with Gasteiger partial charge in [0.05, 0.1) is 0 Å². The molecule has 0 bridgehead atoms. The number of carbonyl (C=O) groups is 3. The van der Waals surface area contributed by atoms with E-state index in [0.29, 0.717) is 19.3 Å². The summed E-state index contributed by atoms with van der Waals surface area (Å²) >= 11 is 0. The molecule has 0 aromatic heterocycles. The molecule has 0 aliphatic rings. The van der Waals surface area contributed by atoms with Crippen molar-refractivity contribution in [1.82, 2.24) is 0 Å². The summed E-state index contributed by atoms with van der Waals surface area (Å²) in [5, 5.41) is 0. The summed E-state index contributed by atoms with van der Waals surface area (Å²) in [6.07, 6.45) is 65.3. The summed E-state index contributed by atoms with van der Waals surface area (Å²) in [5.74, 6) is 0.0813. The second-order valence-electron chi connectivity index (χ2n) is 22.3. The number of hydrogen-bond acceptors (Lipinski definition) is 6. The molecule has 2 atom stereocenters. The monoisotopic (exact) mass is 989 g/mol. The first-order valence-electron chi connectivity index (χ1n) is 31.9. The summed E-state index contributed by atoms with van der Waals surface area (Å²) in [6.45, 7) is 9.12. The van der Waals surface area contributed by atoms with Gasteiger partial charge in [-0.1, -0.05) is 329 Å². The van der Waals surface area contributed by atoms with Crippen molar-refractivity contribution in [3.63, 3.8) is 0 Å². The minimum atomic E-state index is -0.762. The SMILES string of the molecule is CCCCCCCCCCCCCCCCCCCCC(=O)O[C@H](COC(=O)CCCCCCCCCCCCCC)COC(=O)CCCCCCCCCCCCCCCCCCCCC(C)CC. The maximum Gasteiger partial charge on any atom is 0.306 e. The largest absolute Gasteiger partial charge is 0.462 e. The summed E-state index contributed by atoms with van der Waals surface area (Å²) in [6, 6.07) is 0. The van der Waals surface area contributed by atoms with Crippen LogP contribution in [-0.4, -0.2) is 37.2 Å². The minimum Gasteiger partial charge on any atom is -0.462 e. The lowest BCUT2D eigenvalue weighted by Gasteiger charge is -2.18. The zero-order chi connectivity index (χ0) is 50.9. The van der Waals surface area contributed by atoms with Crippen molar-refractivity contribution in [1.29, 1.82) is 0 Å². The van der Waals surface area contributed by atoms with E-state index in [9.17, 15) is 14.4 Å². The molecule has 0 heterocycles. The van der Waals surface area contributed by atoms with Crippen LogP contribution in [0.2, 0.25) is 0 Å². The Bertz CT molecular complexity index is 1060. The first-order chi connectivity index (χ1) is 34.4. The van der Waals surface area contributed by atoms with E-state index in [0.717, 1.165) is 63.7 Å². The van der Waals surface area contributed by atoms with Gasteiger partial charge in [0.15, 0.2) is 6.10 Å². The highest BCUT2D eigenvalue weighted by Crippen LogP contribution is 2.19. The lowest BCUT2D eigenvalue weighted by atomic mass is 9.99. The molecule has 0 rings (SSSR count). The number of unbranched alkanes of at least 4 members (excludes halogenated alkanes) is 45. The highest BCUT2D eigenvalue weighted by molar-refractivity contribution is 5.71. The Morgan fingerprint density at radius 1 is 0.286 bits per heavy atom. The van der Waals surface area contributed by atoms with Gasteiger partial charge >= 0.3 is 17.9 Å². The van der Waals surface area contributed by atoms with Gasteiger partial charge in [-0.05, 0) is 25.2 Å². The summed E-state index contributed by atoms with van der Waals surface area (Å²) < 4.78 is 16.9. The number of rotatable bonds is 59. The Morgan fingerprint density at radius 3 is 0.743 bits per heavy atom. The summed E-state index contributed by atoms with van der Waals surface area (Å²) in [5.41, 5.74) is 0. The fourth-order valence-corrected chi connectivity index (χ4v) is 9.95. The van der Waals surface area contributed by atoms with Crippen molar-refractivity contribution in [2.24, 2.45) is 5.92 Å². The third-order valence-corrected chi connectivity index (χ3v) is 15.2. The van der Waals surface area contributed by atoms with Crippen LogP contribution in [0.25, 0.3) is 0 Å². The van der Waals surface area contributed by atoms with Crippen LogP contribution in [0, 0.1) is 5.92 Å². The molecular weight excluding hydrogens is 865 g/mol. The zero-order valence-electron chi connectivity index (χ0n) is 48.0. The fourth-order valence-electron chi connectivity index (χ4n) is 9.95. The van der Waals surface area contributed by atoms with Gasteiger partial charge in [-0.15, -0.1) is 0 Å². The molecule has 0 aromatic rings. The summed E-state index contributed by atoms with van der Waals surface area (Å²) in [4.78, 5) is 38.2. The third-order valence-electron chi connectivity index (χ3n) is 15.2. The van der Waals surface area contributed by atoms with Gasteiger partial charge in [0.25, 0.3) is 0 Å². The zero-order valence-corrected chi connectivity index (χ0v) is 48.0. The van der Waals surface area contributed by atoms with E-state index in [4.69, 9.17) is 14.2 Å². The topological polar surface area (TPSA) is 78.9 Å². The molecule has 6 heteroatoms. The van der Waals surface area contributed by atoms with Crippen LogP contribution in [0.4, 0.5) is 0 Å². The quantitative estimate of drug-likeness (QED) is 0.0343. The van der Waals surface area contributed by atoms with Crippen molar-refractivity contribution in [2.45, 2.75) is 374 Å². The average molecular weight is 990 g/mol. The van der Waals surface area contributed by atoms with Gasteiger partial charge in [-0.25, -0.2) is 0 Å². The van der Waals surface area contributed by atoms with Crippen molar-refractivity contribution >= 4 is 17.9 Å². The van der Waals surface area contributed by atoms with Crippen LogP contribution in [0.3, 0.4) is 0 Å². The van der Waals surface area contributed by atoms with E-state index in [1.807, 2.05) is 0 Å². The first-order valence-corrected chi connectivity index (χ1v) is 31.9. The Hall–Kier alpha value is -1.59. The fraction of sp³-hybridized carbons (Fsp3) is 0.953. The minimum absolute atomic E-state index is 0.0612. The smallest absolute Gasteiger partial charge is 0.306 e. The molecule has 0 amide bonds. The molecule has 70 heavy (non-hydrogen) atoms. The van der Waals surface area contributed by atoms with Crippen molar-refractivity contribution in [3.8, 4) is 0 Å². The van der Waals surface area contributed by atoms with Gasteiger partial charge < -0.3 is 14.2 Å². The molecule has 0 aromatic carbocycles. The average Bonchev–Trinajstić information content (AvgIpc) is 3.36. The number of esters is 3. The maximum absolute atomic E-state index is 12.9. The highest BCUT2D eigenvalue weighted by Gasteiger charge is 2.19. The molecule has 0 aliphatic carbocycles. The first kappa shape index (κ1) is 68.4. The van der Waals surface area contributed by atoms with Gasteiger partial charge in [0, 0.05) is 19.3 Å². The van der Waals surface area contributed by atoms with Crippen LogP contribution in [-0.2, 0) is 28.6 Å². The molecule has 0 fully saturated rings. The Balaban J connectivity index is 4.22. The van der Waals surface area contributed by atoms with Crippen LogP contribution in [0.15, 0.2) is 0 Å². The second-order valence-corrected chi connectivity index (χ2v) is 22.3. The molecule has 0 aliphatic heterocycles. The van der Waals surface area contributed by atoms with E-state index in [1.165, 1.54) is 263 Å². The molecule has 0 saturated carbocycles. The molecule has 6 nitrogen and oxygen atoms in total. The van der Waals surface area contributed by atoms with Gasteiger partial charge in [-0.2, -0.15) is 0 Å². The lowest BCUT2D eigenvalue weighted by Crippen LogP contribution is -2.30. The molecule has 416 valence electrons. The highest BCUT2D eigenvalue weighted by atomic mass is 16.6. The summed E-state index contributed by atoms with van der Waals surface area (Å²) in [7, 11) is 0. The normalized spacial score (nSPS) is 12.3. The number of carbonyl (C=O) groups excluding carboxylic acids is 3. The second kappa shape index (κ2) is 58.3. The Morgan fingerprint density at radius 2 is 0.500 bits per heavy atom. The number of hydrogen-bond donors (Lipinski definition) is 0. The predicted molar refractivity (Wildman–Crippen MR) is 303 cm³/mol. The maximum atomic E-state index is 12.9. The van der Waals surface area contributed by atoms with Crippen molar-refractivity contribution in [2.75, 3.05) is 13.2 Å². The molecule has 0 spiro atoms. The molecule has 0 N–H and O–H groups in total. The van der Waals surface area contributed by atoms with E-state index < -0.39 is 6.10 Å². The van der Waals surface area contributed by atoms with Crippen LogP contribution < -0.4 is 0 Å². The molecule has 1 unspecified atom stereocenters. The van der Waals surface area contributed by atoms with Crippen LogP contribution in [0.1, 0.15) is 368 Å². The molecular formula is C64H124O6. The molecule has 0 saturated heterocycles. The standard InChI is InChI=1S/C64H124O6/c1-5-8-10-12-14-16-18-20-21-22-26-30-33-37-41-45-49-53-57-64(67)70-61(58-68-62(65)55-51-47-43-39-35-19-17-15-13-11-9-6-2)59-69-63(66)56-52-48-44-40-36-32-29-27-24-23-25-28-31-34-38-42-46-50-54-60(4)7-3/h60-61H,5-59H2,1-4H3/t60?,61-/m1/s1. The molecule has 0 radical (unpaired) electrons. The third kappa shape index (κ3) is 55.7. The van der Waals surface area contributed by atoms with Gasteiger partial charge in [-0.3, -0.25) is 14.4 Å². The number of ether oxygens (including phenoxy) is 3.